The number of alkyl halides is 3. The van der Waals surface area contributed by atoms with Gasteiger partial charge in [-0.3, -0.25) is 4.99 Å². The summed E-state index contributed by atoms with van der Waals surface area (Å²) in [4.78, 5) is 6.49. The van der Waals surface area contributed by atoms with E-state index in [0.717, 1.165) is 18.7 Å². The molecule has 0 bridgehead atoms. The molecule has 8 heteroatoms. The van der Waals surface area contributed by atoms with Crippen molar-refractivity contribution in [3.05, 3.63) is 70.8 Å². The predicted octanol–water partition coefficient (Wildman–Crippen LogP) is 4.08. The van der Waals surface area contributed by atoms with Crippen molar-refractivity contribution >= 4 is 5.96 Å². The third-order valence-electron chi connectivity index (χ3n) is 4.68. The van der Waals surface area contributed by atoms with E-state index in [-0.39, 0.29) is 6.61 Å². The number of aliphatic imine (C=N–C) groups is 1. The van der Waals surface area contributed by atoms with Crippen LogP contribution in [0.25, 0.3) is 0 Å². The Labute approximate surface area is 182 Å². The number of guanidine groups is 1. The molecule has 0 heterocycles. The maximum absolute atomic E-state index is 12.1. The normalized spacial score (nSPS) is 12.3. The molecule has 0 saturated heterocycles. The number of nitrogens with zero attached hydrogens (tertiary/aromatic N) is 2. The van der Waals surface area contributed by atoms with Crippen molar-refractivity contribution in [1.82, 2.24) is 15.5 Å². The molecule has 31 heavy (non-hydrogen) atoms. The standard InChI is InChI=1S/C23H31F3N4O/c1-4-30(3)15-21-7-5-6-20(12-21)14-29-22(27-2)28-13-18-8-10-19(11-9-18)16-31-17-23(24,25)26/h5-12H,4,13-17H2,1-3H3,(H2,27,28,29). The van der Waals surface area contributed by atoms with Gasteiger partial charge in [0.1, 0.15) is 6.61 Å². The molecule has 0 fully saturated rings. The second kappa shape index (κ2) is 12.3. The molecular formula is C23H31F3N4O. The second-order valence-electron chi connectivity index (χ2n) is 7.35. The van der Waals surface area contributed by atoms with Crippen LogP contribution in [0.1, 0.15) is 29.2 Å². The van der Waals surface area contributed by atoms with Crippen molar-refractivity contribution in [2.45, 2.75) is 39.3 Å². The third kappa shape index (κ3) is 9.85. The lowest BCUT2D eigenvalue weighted by molar-refractivity contribution is -0.176. The Morgan fingerprint density at radius 3 is 2.19 bits per heavy atom. The van der Waals surface area contributed by atoms with E-state index >= 15 is 0 Å². The van der Waals surface area contributed by atoms with E-state index in [1.54, 1.807) is 19.2 Å². The zero-order valence-electron chi connectivity index (χ0n) is 18.3. The molecule has 0 radical (unpaired) electrons. The van der Waals surface area contributed by atoms with Crippen molar-refractivity contribution in [2.24, 2.45) is 4.99 Å². The molecule has 2 aromatic carbocycles. The molecule has 0 unspecified atom stereocenters. The van der Waals surface area contributed by atoms with Crippen molar-refractivity contribution in [1.29, 1.82) is 0 Å². The summed E-state index contributed by atoms with van der Waals surface area (Å²) in [6.45, 7) is 3.94. The number of halogens is 3. The first-order valence-electron chi connectivity index (χ1n) is 10.2. The summed E-state index contributed by atoms with van der Waals surface area (Å²) in [5.74, 6) is 0.675. The van der Waals surface area contributed by atoms with Crippen LogP contribution in [0.4, 0.5) is 13.2 Å². The first-order chi connectivity index (χ1) is 14.8. The molecule has 0 spiro atoms. The SMILES string of the molecule is CCN(C)Cc1cccc(CNC(=NC)NCc2ccc(COCC(F)(F)F)cc2)c1. The van der Waals surface area contributed by atoms with Crippen LogP contribution < -0.4 is 10.6 Å². The fraction of sp³-hybridized carbons (Fsp3) is 0.435. The van der Waals surface area contributed by atoms with Gasteiger partial charge in [-0.15, -0.1) is 0 Å². The highest BCUT2D eigenvalue weighted by atomic mass is 19.4. The van der Waals surface area contributed by atoms with Crippen LogP contribution in [0, 0.1) is 0 Å². The van der Waals surface area contributed by atoms with Crippen molar-refractivity contribution in [3.63, 3.8) is 0 Å². The lowest BCUT2D eigenvalue weighted by Gasteiger charge is -2.15. The van der Waals surface area contributed by atoms with E-state index in [4.69, 9.17) is 0 Å². The monoisotopic (exact) mass is 436 g/mol. The van der Waals surface area contributed by atoms with Gasteiger partial charge in [-0.05, 0) is 35.8 Å². The summed E-state index contributed by atoms with van der Waals surface area (Å²) in [6.07, 6.45) is -4.31. The summed E-state index contributed by atoms with van der Waals surface area (Å²) in [5, 5.41) is 6.55. The highest BCUT2D eigenvalue weighted by molar-refractivity contribution is 5.79. The topological polar surface area (TPSA) is 48.9 Å². The number of hydrogen-bond acceptors (Lipinski definition) is 3. The van der Waals surface area contributed by atoms with E-state index in [0.29, 0.717) is 24.6 Å². The molecule has 2 rings (SSSR count). The van der Waals surface area contributed by atoms with Gasteiger partial charge >= 0.3 is 6.18 Å². The highest BCUT2D eigenvalue weighted by Crippen LogP contribution is 2.16. The largest absolute Gasteiger partial charge is 0.411 e. The molecule has 0 aliphatic heterocycles. The fourth-order valence-corrected chi connectivity index (χ4v) is 2.89. The minimum Gasteiger partial charge on any atom is -0.367 e. The minimum atomic E-state index is -4.31. The Balaban J connectivity index is 1.79. The van der Waals surface area contributed by atoms with Crippen molar-refractivity contribution in [2.75, 3.05) is 27.2 Å². The van der Waals surface area contributed by atoms with Gasteiger partial charge < -0.3 is 20.3 Å². The average molecular weight is 437 g/mol. The maximum atomic E-state index is 12.1. The Morgan fingerprint density at radius 2 is 1.58 bits per heavy atom. The van der Waals surface area contributed by atoms with E-state index in [9.17, 15) is 13.2 Å². The zero-order chi connectivity index (χ0) is 22.7. The Bertz CT molecular complexity index is 822. The summed E-state index contributed by atoms with van der Waals surface area (Å²) in [5.41, 5.74) is 4.13. The van der Waals surface area contributed by atoms with Gasteiger partial charge in [0.05, 0.1) is 6.61 Å². The molecule has 0 aromatic heterocycles. The van der Waals surface area contributed by atoms with Crippen LogP contribution in [0.15, 0.2) is 53.5 Å². The fourth-order valence-electron chi connectivity index (χ4n) is 2.89. The number of benzene rings is 2. The number of rotatable bonds is 10. The van der Waals surface area contributed by atoms with Gasteiger partial charge in [0.15, 0.2) is 5.96 Å². The van der Waals surface area contributed by atoms with Crippen LogP contribution in [-0.2, 0) is 31.0 Å². The van der Waals surface area contributed by atoms with Crippen LogP contribution in [0.2, 0.25) is 0 Å². The quantitative estimate of drug-likeness (QED) is 0.435. The number of nitrogens with one attached hydrogen (secondary N) is 2. The van der Waals surface area contributed by atoms with E-state index in [1.807, 2.05) is 12.1 Å². The lowest BCUT2D eigenvalue weighted by Crippen LogP contribution is -2.36. The smallest absolute Gasteiger partial charge is 0.367 e. The Hall–Kier alpha value is -2.58. The number of ether oxygens (including phenoxy) is 1. The summed E-state index contributed by atoms with van der Waals surface area (Å²) in [6, 6.07) is 15.7. The van der Waals surface area contributed by atoms with Gasteiger partial charge in [0, 0.05) is 26.7 Å². The molecule has 0 aliphatic rings. The third-order valence-corrected chi connectivity index (χ3v) is 4.68. The van der Waals surface area contributed by atoms with Crippen molar-refractivity contribution < 1.29 is 17.9 Å². The summed E-state index contributed by atoms with van der Waals surface area (Å²) < 4.78 is 41.1. The van der Waals surface area contributed by atoms with Crippen molar-refractivity contribution in [3.8, 4) is 0 Å². The Morgan fingerprint density at radius 1 is 0.968 bits per heavy atom. The number of hydrogen-bond donors (Lipinski definition) is 2. The molecule has 0 aliphatic carbocycles. The van der Waals surface area contributed by atoms with E-state index in [1.165, 1.54) is 11.1 Å². The zero-order valence-corrected chi connectivity index (χ0v) is 18.3. The maximum Gasteiger partial charge on any atom is 0.411 e. The van der Waals surface area contributed by atoms with Crippen LogP contribution in [0.3, 0.4) is 0 Å². The van der Waals surface area contributed by atoms with Crippen LogP contribution >= 0.6 is 0 Å². The van der Waals surface area contributed by atoms with Gasteiger partial charge in [-0.1, -0.05) is 55.5 Å². The first kappa shape index (κ1) is 24.7. The first-order valence-corrected chi connectivity index (χ1v) is 10.2. The predicted molar refractivity (Wildman–Crippen MR) is 118 cm³/mol. The second-order valence-corrected chi connectivity index (χ2v) is 7.35. The van der Waals surface area contributed by atoms with Gasteiger partial charge in [0.25, 0.3) is 0 Å². The Kier molecular flexibility index (Phi) is 9.81. The molecule has 0 saturated carbocycles. The summed E-state index contributed by atoms with van der Waals surface area (Å²) in [7, 11) is 3.81. The van der Waals surface area contributed by atoms with Gasteiger partial charge in [0.2, 0.25) is 0 Å². The van der Waals surface area contributed by atoms with Crippen LogP contribution in [-0.4, -0.2) is 44.3 Å². The minimum absolute atomic E-state index is 0.0659. The average Bonchev–Trinajstić information content (AvgIpc) is 2.74. The molecule has 2 N–H and O–H groups in total. The molecular weight excluding hydrogens is 405 g/mol. The molecule has 0 amide bonds. The van der Waals surface area contributed by atoms with Gasteiger partial charge in [-0.2, -0.15) is 13.2 Å². The van der Waals surface area contributed by atoms with E-state index < -0.39 is 12.8 Å². The molecule has 5 nitrogen and oxygen atoms in total. The van der Waals surface area contributed by atoms with Crippen LogP contribution in [0.5, 0.6) is 0 Å². The van der Waals surface area contributed by atoms with E-state index in [2.05, 4.69) is 63.5 Å². The van der Waals surface area contributed by atoms with Gasteiger partial charge in [-0.25, -0.2) is 0 Å². The summed E-state index contributed by atoms with van der Waals surface area (Å²) >= 11 is 0. The molecule has 0 atom stereocenters. The molecule has 170 valence electrons. The lowest BCUT2D eigenvalue weighted by atomic mass is 10.1. The molecule has 2 aromatic rings. The highest BCUT2D eigenvalue weighted by Gasteiger charge is 2.27.